The van der Waals surface area contributed by atoms with Crippen molar-refractivity contribution in [3.8, 4) is 5.75 Å². The average molecular weight is 392 g/mol. The van der Waals surface area contributed by atoms with E-state index in [0.29, 0.717) is 11.8 Å². The Balaban J connectivity index is 2.02. The van der Waals surface area contributed by atoms with Crippen molar-refractivity contribution in [3.05, 3.63) is 33.9 Å². The number of rotatable bonds is 7. The maximum Gasteiger partial charge on any atom is 0.339 e. The van der Waals surface area contributed by atoms with Gasteiger partial charge in [0.25, 0.3) is 5.91 Å². The van der Waals surface area contributed by atoms with Gasteiger partial charge in [-0.25, -0.2) is 4.79 Å². The van der Waals surface area contributed by atoms with Crippen LogP contribution in [-0.4, -0.2) is 35.6 Å². The number of nitrogens with zero attached hydrogens (tertiary/aromatic N) is 1. The van der Waals surface area contributed by atoms with E-state index in [4.69, 9.17) is 9.47 Å². The second-order valence-corrected chi connectivity index (χ2v) is 7.30. The van der Waals surface area contributed by atoms with E-state index in [1.54, 1.807) is 6.92 Å². The number of nitro benzene ring substituents is 1. The van der Waals surface area contributed by atoms with E-state index in [1.165, 1.54) is 19.1 Å². The van der Waals surface area contributed by atoms with E-state index >= 15 is 0 Å². The average Bonchev–Trinajstić information content (AvgIpc) is 2.65. The maximum absolute atomic E-state index is 12.4. The smallest absolute Gasteiger partial charge is 0.339 e. The third kappa shape index (κ3) is 5.21. The summed E-state index contributed by atoms with van der Waals surface area (Å²) < 4.78 is 10.4. The normalized spacial score (nSPS) is 22.8. The minimum absolute atomic E-state index is 0.00513. The standard InChI is InChI=1S/C20H28N2O6/c1-5-27-18-10-9-15(11-17(18)22(25)26)20(24)28-14(4)19(23)21-16-8-6-7-12(2)13(16)3/h9-14,16H,5-8H2,1-4H3,(H,21,23)/t12-,13-,14-,16-/m0/s1. The fourth-order valence-electron chi connectivity index (χ4n) is 3.43. The minimum atomic E-state index is -0.998. The van der Waals surface area contributed by atoms with Crippen molar-refractivity contribution in [2.45, 2.75) is 59.1 Å². The molecule has 28 heavy (non-hydrogen) atoms. The zero-order chi connectivity index (χ0) is 20.8. The number of amides is 1. The fourth-order valence-corrected chi connectivity index (χ4v) is 3.43. The van der Waals surface area contributed by atoms with Gasteiger partial charge in [-0.2, -0.15) is 0 Å². The molecule has 1 aromatic rings. The molecule has 0 aliphatic heterocycles. The Kier molecular flexibility index (Phi) is 7.37. The lowest BCUT2D eigenvalue weighted by atomic mass is 9.78. The van der Waals surface area contributed by atoms with Crippen LogP contribution in [0.4, 0.5) is 5.69 Å². The topological polar surface area (TPSA) is 108 Å². The zero-order valence-corrected chi connectivity index (χ0v) is 16.8. The van der Waals surface area contributed by atoms with E-state index in [1.807, 2.05) is 0 Å². The lowest BCUT2D eigenvalue weighted by Crippen LogP contribution is -2.47. The number of carbonyl (C=O) groups excluding carboxylic acids is 2. The highest BCUT2D eigenvalue weighted by Crippen LogP contribution is 2.30. The van der Waals surface area contributed by atoms with Crippen molar-refractivity contribution in [2.75, 3.05) is 6.61 Å². The van der Waals surface area contributed by atoms with Crippen molar-refractivity contribution in [1.29, 1.82) is 0 Å². The van der Waals surface area contributed by atoms with Gasteiger partial charge in [0.05, 0.1) is 17.1 Å². The molecule has 0 saturated heterocycles. The van der Waals surface area contributed by atoms with Crippen molar-refractivity contribution >= 4 is 17.6 Å². The predicted octanol–water partition coefficient (Wildman–Crippen LogP) is 3.48. The summed E-state index contributed by atoms with van der Waals surface area (Å²) in [6.45, 7) is 7.75. The van der Waals surface area contributed by atoms with Crippen LogP contribution in [0.1, 0.15) is 57.3 Å². The van der Waals surface area contributed by atoms with Crippen LogP contribution in [0.25, 0.3) is 0 Å². The molecule has 1 fully saturated rings. The number of nitro groups is 1. The molecule has 4 atom stereocenters. The largest absolute Gasteiger partial charge is 0.487 e. The molecule has 1 saturated carbocycles. The van der Waals surface area contributed by atoms with Gasteiger partial charge in [0.1, 0.15) is 0 Å². The van der Waals surface area contributed by atoms with Gasteiger partial charge in [0, 0.05) is 12.1 Å². The predicted molar refractivity (Wildman–Crippen MR) is 103 cm³/mol. The first-order valence-electron chi connectivity index (χ1n) is 9.67. The Morgan fingerprint density at radius 3 is 2.68 bits per heavy atom. The summed E-state index contributed by atoms with van der Waals surface area (Å²) in [5, 5.41) is 14.2. The van der Waals surface area contributed by atoms with Gasteiger partial charge in [-0.1, -0.05) is 26.7 Å². The Morgan fingerprint density at radius 1 is 1.32 bits per heavy atom. The van der Waals surface area contributed by atoms with E-state index in [9.17, 15) is 19.7 Å². The maximum atomic E-state index is 12.4. The fraction of sp³-hybridized carbons (Fsp3) is 0.600. The number of ether oxygens (including phenoxy) is 2. The second kappa shape index (κ2) is 9.52. The summed E-state index contributed by atoms with van der Waals surface area (Å²) in [7, 11) is 0. The summed E-state index contributed by atoms with van der Waals surface area (Å²) in [5.41, 5.74) is -0.326. The molecule has 0 aromatic heterocycles. The molecule has 0 bridgehead atoms. The highest BCUT2D eigenvalue weighted by Gasteiger charge is 2.30. The molecule has 8 heteroatoms. The molecular formula is C20H28N2O6. The molecule has 1 aliphatic rings. The Labute approximate surface area is 164 Å². The molecule has 154 valence electrons. The number of carbonyl (C=O) groups is 2. The summed E-state index contributed by atoms with van der Waals surface area (Å²) in [6.07, 6.45) is 2.11. The summed E-state index contributed by atoms with van der Waals surface area (Å²) in [5.74, 6) is -0.190. The Hall–Kier alpha value is -2.64. The Bertz CT molecular complexity index is 735. The monoisotopic (exact) mass is 392 g/mol. The molecule has 8 nitrogen and oxygen atoms in total. The third-order valence-corrected chi connectivity index (χ3v) is 5.38. The van der Waals surface area contributed by atoms with Crippen LogP contribution in [0.15, 0.2) is 18.2 Å². The van der Waals surface area contributed by atoms with Gasteiger partial charge in [-0.15, -0.1) is 0 Å². The van der Waals surface area contributed by atoms with Crippen molar-refractivity contribution in [3.63, 3.8) is 0 Å². The van der Waals surface area contributed by atoms with Gasteiger partial charge in [0.2, 0.25) is 0 Å². The van der Waals surface area contributed by atoms with Crippen LogP contribution in [0.2, 0.25) is 0 Å². The molecule has 0 heterocycles. The summed E-state index contributed by atoms with van der Waals surface area (Å²) in [6, 6.07) is 3.90. The number of nitrogens with one attached hydrogen (secondary N) is 1. The molecule has 1 aromatic carbocycles. The van der Waals surface area contributed by atoms with Crippen molar-refractivity contribution < 1.29 is 24.0 Å². The number of hydrogen-bond donors (Lipinski definition) is 1. The molecular weight excluding hydrogens is 364 g/mol. The quantitative estimate of drug-likeness (QED) is 0.432. The lowest BCUT2D eigenvalue weighted by Gasteiger charge is -2.35. The first-order valence-corrected chi connectivity index (χ1v) is 9.67. The molecule has 0 radical (unpaired) electrons. The molecule has 1 N–H and O–H groups in total. The molecule has 0 unspecified atom stereocenters. The number of hydrogen-bond acceptors (Lipinski definition) is 6. The van der Waals surface area contributed by atoms with E-state index in [0.717, 1.165) is 25.3 Å². The molecule has 2 rings (SSSR count). The summed E-state index contributed by atoms with van der Waals surface area (Å²) in [4.78, 5) is 35.3. The van der Waals surface area contributed by atoms with Gasteiger partial charge in [0.15, 0.2) is 11.9 Å². The number of esters is 1. The first-order chi connectivity index (χ1) is 13.2. The van der Waals surface area contributed by atoms with Gasteiger partial charge in [-0.3, -0.25) is 14.9 Å². The highest BCUT2D eigenvalue weighted by molar-refractivity contribution is 5.93. The second-order valence-electron chi connectivity index (χ2n) is 7.30. The van der Waals surface area contributed by atoms with E-state index in [-0.39, 0.29) is 35.6 Å². The van der Waals surface area contributed by atoms with Crippen LogP contribution < -0.4 is 10.1 Å². The lowest BCUT2D eigenvalue weighted by molar-refractivity contribution is -0.385. The first kappa shape index (κ1) is 21.7. The van der Waals surface area contributed by atoms with Crippen LogP contribution in [0.3, 0.4) is 0 Å². The number of benzene rings is 1. The minimum Gasteiger partial charge on any atom is -0.487 e. The zero-order valence-electron chi connectivity index (χ0n) is 16.8. The van der Waals surface area contributed by atoms with Crippen molar-refractivity contribution in [1.82, 2.24) is 5.32 Å². The van der Waals surface area contributed by atoms with Crippen molar-refractivity contribution in [2.24, 2.45) is 11.8 Å². The van der Waals surface area contributed by atoms with Crippen LogP contribution >= 0.6 is 0 Å². The Morgan fingerprint density at radius 2 is 2.04 bits per heavy atom. The van der Waals surface area contributed by atoms with Crippen LogP contribution in [0, 0.1) is 22.0 Å². The molecule has 1 aliphatic carbocycles. The van der Waals surface area contributed by atoms with Crippen LogP contribution in [0.5, 0.6) is 5.75 Å². The SMILES string of the molecule is CCOc1ccc(C(=O)O[C@@H](C)C(=O)N[C@H]2CCC[C@H](C)[C@@H]2C)cc1[N+](=O)[O-]. The molecule has 1 amide bonds. The van der Waals surface area contributed by atoms with E-state index < -0.39 is 17.0 Å². The van der Waals surface area contributed by atoms with Gasteiger partial charge >= 0.3 is 11.7 Å². The van der Waals surface area contributed by atoms with Gasteiger partial charge in [-0.05, 0) is 44.2 Å². The van der Waals surface area contributed by atoms with Crippen LogP contribution in [-0.2, 0) is 9.53 Å². The molecule has 0 spiro atoms. The van der Waals surface area contributed by atoms with Gasteiger partial charge < -0.3 is 14.8 Å². The third-order valence-electron chi connectivity index (χ3n) is 5.38. The highest BCUT2D eigenvalue weighted by atomic mass is 16.6. The summed E-state index contributed by atoms with van der Waals surface area (Å²) >= 11 is 0. The van der Waals surface area contributed by atoms with E-state index in [2.05, 4.69) is 19.2 Å².